The van der Waals surface area contributed by atoms with E-state index in [2.05, 4.69) is 26.0 Å². The Labute approximate surface area is 133 Å². The fourth-order valence-electron chi connectivity index (χ4n) is 1.98. The van der Waals surface area contributed by atoms with Crippen molar-refractivity contribution in [3.05, 3.63) is 35.4 Å². The zero-order valence-corrected chi connectivity index (χ0v) is 14.5. The van der Waals surface area contributed by atoms with Crippen LogP contribution in [0.25, 0.3) is 0 Å². The number of ether oxygens (including phenoxy) is 1. The molecule has 0 N–H and O–H groups in total. The molecule has 0 radical (unpaired) electrons. The van der Waals surface area contributed by atoms with Crippen LogP contribution in [-0.4, -0.2) is 18.5 Å². The van der Waals surface area contributed by atoms with Crippen LogP contribution in [-0.2, 0) is 16.0 Å². The van der Waals surface area contributed by atoms with Gasteiger partial charge in [-0.15, -0.1) is 11.6 Å². The standard InChI is InChI=1S/C18H27ClO2/c1-13(2)10-15-6-8-16(9-7-15)14(3)17(20)21-12-18(4,5)11-19/h6-9,13-14H,10-12H2,1-5H3. The van der Waals surface area contributed by atoms with Gasteiger partial charge in [0, 0.05) is 11.3 Å². The second kappa shape index (κ2) is 7.84. The van der Waals surface area contributed by atoms with E-state index in [4.69, 9.17) is 16.3 Å². The van der Waals surface area contributed by atoms with Gasteiger partial charge in [-0.3, -0.25) is 4.79 Å². The van der Waals surface area contributed by atoms with Gasteiger partial charge in [0.1, 0.15) is 0 Å². The zero-order valence-electron chi connectivity index (χ0n) is 13.8. The summed E-state index contributed by atoms with van der Waals surface area (Å²) in [6, 6.07) is 8.25. The van der Waals surface area contributed by atoms with Crippen molar-refractivity contribution >= 4 is 17.6 Å². The Kier molecular flexibility index (Phi) is 6.73. The number of carbonyl (C=O) groups excluding carboxylic acids is 1. The van der Waals surface area contributed by atoms with Gasteiger partial charge in [0.2, 0.25) is 0 Å². The van der Waals surface area contributed by atoms with Gasteiger partial charge in [0.25, 0.3) is 0 Å². The lowest BCUT2D eigenvalue weighted by Gasteiger charge is -2.22. The van der Waals surface area contributed by atoms with E-state index in [1.54, 1.807) is 0 Å². The van der Waals surface area contributed by atoms with Crippen LogP contribution in [0, 0.1) is 11.3 Å². The van der Waals surface area contributed by atoms with Crippen LogP contribution in [0.4, 0.5) is 0 Å². The van der Waals surface area contributed by atoms with Crippen molar-refractivity contribution in [1.29, 1.82) is 0 Å². The highest BCUT2D eigenvalue weighted by molar-refractivity contribution is 6.18. The van der Waals surface area contributed by atoms with Crippen molar-refractivity contribution < 1.29 is 9.53 Å². The molecule has 21 heavy (non-hydrogen) atoms. The highest BCUT2D eigenvalue weighted by atomic mass is 35.5. The molecule has 2 nitrogen and oxygen atoms in total. The third kappa shape index (κ3) is 6.09. The molecular weight excluding hydrogens is 284 g/mol. The second-order valence-electron chi connectivity index (χ2n) is 6.97. The Morgan fingerprint density at radius 1 is 1.19 bits per heavy atom. The van der Waals surface area contributed by atoms with E-state index in [1.165, 1.54) is 5.56 Å². The predicted octanol–water partition coefficient (Wildman–Crippen LogP) is 4.80. The predicted molar refractivity (Wildman–Crippen MR) is 88.9 cm³/mol. The average Bonchev–Trinajstić information content (AvgIpc) is 2.44. The number of hydrogen-bond donors (Lipinski definition) is 0. The average molecular weight is 311 g/mol. The Hall–Kier alpha value is -1.02. The molecule has 1 aromatic carbocycles. The number of alkyl halides is 1. The normalized spacial score (nSPS) is 13.3. The van der Waals surface area contributed by atoms with E-state index in [9.17, 15) is 4.79 Å². The molecular formula is C18H27ClO2. The molecule has 0 saturated heterocycles. The molecule has 0 heterocycles. The third-order valence-electron chi connectivity index (χ3n) is 3.44. The van der Waals surface area contributed by atoms with Crippen LogP contribution in [0.2, 0.25) is 0 Å². The number of rotatable bonds is 7. The quantitative estimate of drug-likeness (QED) is 0.534. The number of carbonyl (C=O) groups is 1. The van der Waals surface area contributed by atoms with Crippen molar-refractivity contribution in [3.8, 4) is 0 Å². The summed E-state index contributed by atoms with van der Waals surface area (Å²) in [5.74, 6) is 0.670. The lowest BCUT2D eigenvalue weighted by Crippen LogP contribution is -2.25. The maximum absolute atomic E-state index is 12.1. The Morgan fingerprint density at radius 3 is 2.24 bits per heavy atom. The van der Waals surface area contributed by atoms with Crippen molar-refractivity contribution in [2.24, 2.45) is 11.3 Å². The summed E-state index contributed by atoms with van der Waals surface area (Å²) < 4.78 is 5.39. The maximum Gasteiger partial charge on any atom is 0.313 e. The summed E-state index contributed by atoms with van der Waals surface area (Å²) in [5, 5.41) is 0. The first-order valence-corrected chi connectivity index (χ1v) is 8.10. The number of hydrogen-bond acceptors (Lipinski definition) is 2. The molecule has 1 aromatic rings. The lowest BCUT2D eigenvalue weighted by molar-refractivity contribution is -0.147. The molecule has 118 valence electrons. The lowest BCUT2D eigenvalue weighted by atomic mass is 9.96. The Balaban J connectivity index is 2.61. The summed E-state index contributed by atoms with van der Waals surface area (Å²) in [5.41, 5.74) is 2.12. The molecule has 3 heteroatoms. The summed E-state index contributed by atoms with van der Waals surface area (Å²) in [4.78, 5) is 12.1. The molecule has 1 unspecified atom stereocenters. The molecule has 0 aliphatic rings. The fourth-order valence-corrected chi connectivity index (χ4v) is 2.06. The van der Waals surface area contributed by atoms with Crippen LogP contribution in [0.15, 0.2) is 24.3 Å². The smallest absolute Gasteiger partial charge is 0.313 e. The van der Waals surface area contributed by atoms with Crippen LogP contribution < -0.4 is 0 Å². The minimum absolute atomic E-state index is 0.182. The van der Waals surface area contributed by atoms with Gasteiger partial charge in [-0.1, -0.05) is 52.0 Å². The van der Waals surface area contributed by atoms with Crippen molar-refractivity contribution in [3.63, 3.8) is 0 Å². The van der Waals surface area contributed by atoms with Crippen molar-refractivity contribution in [2.45, 2.75) is 47.0 Å². The molecule has 0 aliphatic carbocycles. The van der Waals surface area contributed by atoms with Crippen molar-refractivity contribution in [1.82, 2.24) is 0 Å². The topological polar surface area (TPSA) is 26.3 Å². The molecule has 0 bridgehead atoms. The molecule has 0 amide bonds. The molecule has 0 spiro atoms. The minimum atomic E-state index is -0.246. The summed E-state index contributed by atoms with van der Waals surface area (Å²) >= 11 is 5.84. The van der Waals surface area contributed by atoms with Crippen LogP contribution >= 0.6 is 11.6 Å². The van der Waals surface area contributed by atoms with E-state index >= 15 is 0 Å². The monoisotopic (exact) mass is 310 g/mol. The number of halogens is 1. The summed E-state index contributed by atoms with van der Waals surface area (Å²) in [6.45, 7) is 10.6. The minimum Gasteiger partial charge on any atom is -0.465 e. The SMILES string of the molecule is CC(C)Cc1ccc(C(C)C(=O)OCC(C)(C)CCl)cc1. The maximum atomic E-state index is 12.1. The van der Waals surface area contributed by atoms with E-state index in [1.807, 2.05) is 32.9 Å². The van der Waals surface area contributed by atoms with Gasteiger partial charge in [0.15, 0.2) is 0 Å². The summed E-state index contributed by atoms with van der Waals surface area (Å²) in [6.07, 6.45) is 1.06. The van der Waals surface area contributed by atoms with Gasteiger partial charge in [-0.2, -0.15) is 0 Å². The van der Waals surface area contributed by atoms with Gasteiger partial charge >= 0.3 is 5.97 Å². The van der Waals surface area contributed by atoms with Gasteiger partial charge in [0.05, 0.1) is 12.5 Å². The third-order valence-corrected chi connectivity index (χ3v) is 4.17. The van der Waals surface area contributed by atoms with Gasteiger partial charge in [-0.25, -0.2) is 0 Å². The Morgan fingerprint density at radius 2 is 1.76 bits per heavy atom. The second-order valence-corrected chi connectivity index (χ2v) is 7.23. The fraction of sp³-hybridized carbons (Fsp3) is 0.611. The summed E-state index contributed by atoms with van der Waals surface area (Å²) in [7, 11) is 0. The number of esters is 1. The first kappa shape index (κ1) is 18.0. The van der Waals surface area contributed by atoms with E-state index in [0.29, 0.717) is 18.4 Å². The van der Waals surface area contributed by atoms with Gasteiger partial charge in [-0.05, 0) is 30.4 Å². The van der Waals surface area contributed by atoms with Crippen LogP contribution in [0.5, 0.6) is 0 Å². The molecule has 0 fully saturated rings. The molecule has 1 atom stereocenters. The molecule has 0 saturated carbocycles. The molecule has 1 rings (SSSR count). The Bertz CT molecular complexity index is 449. The zero-order chi connectivity index (χ0) is 16.0. The molecule has 0 aromatic heterocycles. The highest BCUT2D eigenvalue weighted by Crippen LogP contribution is 2.22. The van der Waals surface area contributed by atoms with Gasteiger partial charge < -0.3 is 4.74 Å². The van der Waals surface area contributed by atoms with E-state index < -0.39 is 0 Å². The number of benzene rings is 1. The van der Waals surface area contributed by atoms with E-state index in [0.717, 1.165) is 12.0 Å². The van der Waals surface area contributed by atoms with Crippen molar-refractivity contribution in [2.75, 3.05) is 12.5 Å². The largest absolute Gasteiger partial charge is 0.465 e. The van der Waals surface area contributed by atoms with Crippen LogP contribution in [0.1, 0.15) is 51.7 Å². The highest BCUT2D eigenvalue weighted by Gasteiger charge is 2.22. The first-order valence-electron chi connectivity index (χ1n) is 7.56. The first-order chi connectivity index (χ1) is 9.75. The van der Waals surface area contributed by atoms with Crippen LogP contribution in [0.3, 0.4) is 0 Å². The van der Waals surface area contributed by atoms with E-state index in [-0.39, 0.29) is 17.3 Å². The molecule has 0 aliphatic heterocycles.